The Labute approximate surface area is 213 Å². The van der Waals surface area contributed by atoms with Crippen LogP contribution in [0.4, 0.5) is 22.7 Å². The van der Waals surface area contributed by atoms with Crippen LogP contribution in [0.25, 0.3) is 0 Å². The fraction of sp³-hybridized carbons (Fsp3) is 0.208. The van der Waals surface area contributed by atoms with Crippen molar-refractivity contribution in [3.05, 3.63) is 81.4 Å². The minimum Gasteiger partial charge on any atom is -0.497 e. The van der Waals surface area contributed by atoms with Gasteiger partial charge in [0.2, 0.25) is 0 Å². The van der Waals surface area contributed by atoms with E-state index in [-0.39, 0.29) is 26.9 Å². The highest BCUT2D eigenvalue weighted by atomic mass is 35.5. The summed E-state index contributed by atoms with van der Waals surface area (Å²) in [6, 6.07) is 14.6. The number of carbonyl (C=O) groups is 1. The lowest BCUT2D eigenvalue weighted by Gasteiger charge is -2.18. The van der Waals surface area contributed by atoms with Crippen LogP contribution in [-0.4, -0.2) is 39.4 Å². The zero-order valence-electron chi connectivity index (χ0n) is 19.2. The molecule has 188 valence electrons. The molecule has 0 unspecified atom stereocenters. The molecule has 1 aliphatic heterocycles. The van der Waals surface area contributed by atoms with Gasteiger partial charge in [-0.1, -0.05) is 11.6 Å². The van der Waals surface area contributed by atoms with Crippen molar-refractivity contribution < 1.29 is 22.9 Å². The predicted molar refractivity (Wildman–Crippen MR) is 138 cm³/mol. The number of hydrogen-bond acceptors (Lipinski definition) is 7. The molecule has 1 fully saturated rings. The number of sulfonamides is 1. The van der Waals surface area contributed by atoms with Crippen molar-refractivity contribution in [2.24, 2.45) is 0 Å². The second kappa shape index (κ2) is 10.4. The quantitative estimate of drug-likeness (QED) is 0.312. The highest BCUT2D eigenvalue weighted by molar-refractivity contribution is 7.92. The molecule has 0 atom stereocenters. The summed E-state index contributed by atoms with van der Waals surface area (Å²) in [6.45, 7) is 1.44. The standard InChI is InChI=1S/C24H23ClN4O6S/c1-35-19-8-5-17(6-9-19)27-36(33,34)23-15-18(7-10-20(23)25)26-24(30)16-4-11-21(22(14-16)29(31)32)28-12-2-3-13-28/h4-11,14-15,27H,2-3,12-13H2,1H3,(H,26,30). The number of benzene rings is 3. The van der Waals surface area contributed by atoms with E-state index in [4.69, 9.17) is 16.3 Å². The van der Waals surface area contributed by atoms with E-state index in [0.29, 0.717) is 17.1 Å². The fourth-order valence-electron chi connectivity index (χ4n) is 3.90. The maximum absolute atomic E-state index is 12.9. The highest BCUT2D eigenvalue weighted by Crippen LogP contribution is 2.32. The molecule has 0 aliphatic carbocycles. The molecule has 0 aromatic heterocycles. The average molecular weight is 531 g/mol. The van der Waals surface area contributed by atoms with Crippen LogP contribution in [0.3, 0.4) is 0 Å². The number of methoxy groups -OCH3 is 1. The second-order valence-corrected chi connectivity index (χ2v) is 10.1. The monoisotopic (exact) mass is 530 g/mol. The lowest BCUT2D eigenvalue weighted by atomic mass is 10.1. The fourth-order valence-corrected chi connectivity index (χ4v) is 5.48. The summed E-state index contributed by atoms with van der Waals surface area (Å²) in [5.74, 6) is -0.0609. The van der Waals surface area contributed by atoms with Crippen LogP contribution in [0.2, 0.25) is 5.02 Å². The summed E-state index contributed by atoms with van der Waals surface area (Å²) in [7, 11) is -2.59. The average Bonchev–Trinajstić information content (AvgIpc) is 3.40. The summed E-state index contributed by atoms with van der Waals surface area (Å²) in [5, 5.41) is 14.2. The van der Waals surface area contributed by atoms with Crippen molar-refractivity contribution >= 4 is 50.3 Å². The number of ether oxygens (including phenoxy) is 1. The molecule has 10 nitrogen and oxygen atoms in total. The summed E-state index contributed by atoms with van der Waals surface area (Å²) in [5.41, 5.74) is 0.837. The van der Waals surface area contributed by atoms with Crippen LogP contribution in [0.1, 0.15) is 23.2 Å². The topological polar surface area (TPSA) is 131 Å². The minimum atomic E-state index is -4.09. The minimum absolute atomic E-state index is 0.0420. The normalized spacial score (nSPS) is 13.3. The molecule has 12 heteroatoms. The maximum atomic E-state index is 12.9. The third-order valence-corrected chi connectivity index (χ3v) is 7.56. The Balaban J connectivity index is 1.56. The molecule has 0 bridgehead atoms. The molecule has 0 radical (unpaired) electrons. The Hall–Kier alpha value is -3.83. The van der Waals surface area contributed by atoms with E-state index in [0.717, 1.165) is 25.9 Å². The second-order valence-electron chi connectivity index (χ2n) is 8.09. The van der Waals surface area contributed by atoms with Crippen molar-refractivity contribution in [3.63, 3.8) is 0 Å². The Morgan fingerprint density at radius 3 is 2.33 bits per heavy atom. The van der Waals surface area contributed by atoms with E-state index >= 15 is 0 Å². The molecule has 1 saturated heterocycles. The van der Waals surface area contributed by atoms with E-state index in [1.807, 2.05) is 4.90 Å². The molecule has 1 amide bonds. The zero-order chi connectivity index (χ0) is 25.9. The van der Waals surface area contributed by atoms with Crippen LogP contribution in [0, 0.1) is 10.1 Å². The van der Waals surface area contributed by atoms with Gasteiger partial charge in [-0.2, -0.15) is 0 Å². The Bertz CT molecular complexity index is 1410. The molecule has 3 aromatic carbocycles. The largest absolute Gasteiger partial charge is 0.497 e. The number of nitro groups is 1. The van der Waals surface area contributed by atoms with Crippen molar-refractivity contribution in [1.82, 2.24) is 0 Å². The molecule has 0 saturated carbocycles. The maximum Gasteiger partial charge on any atom is 0.293 e. The SMILES string of the molecule is COc1ccc(NS(=O)(=O)c2cc(NC(=O)c3ccc(N4CCCC4)c([N+](=O)[O-])c3)ccc2Cl)cc1. The number of halogens is 1. The van der Waals surface area contributed by atoms with Crippen LogP contribution < -0.4 is 19.7 Å². The first-order valence-corrected chi connectivity index (χ1v) is 12.9. The first-order chi connectivity index (χ1) is 17.2. The van der Waals surface area contributed by atoms with Crippen molar-refractivity contribution in [3.8, 4) is 5.75 Å². The zero-order valence-corrected chi connectivity index (χ0v) is 20.8. The molecule has 2 N–H and O–H groups in total. The lowest BCUT2D eigenvalue weighted by Crippen LogP contribution is -2.20. The number of carbonyl (C=O) groups excluding carboxylic acids is 1. The van der Waals surface area contributed by atoms with Gasteiger partial charge in [-0.15, -0.1) is 0 Å². The number of nitrogens with zero attached hydrogens (tertiary/aromatic N) is 2. The molecule has 1 heterocycles. The Morgan fingerprint density at radius 1 is 1.03 bits per heavy atom. The van der Waals surface area contributed by atoms with E-state index in [2.05, 4.69) is 10.0 Å². The first kappa shape index (κ1) is 25.3. The van der Waals surface area contributed by atoms with Crippen molar-refractivity contribution in [2.45, 2.75) is 17.7 Å². The van der Waals surface area contributed by atoms with Gasteiger partial charge in [-0.25, -0.2) is 8.42 Å². The number of nitro benzene ring substituents is 1. The van der Waals surface area contributed by atoms with Crippen LogP contribution in [0.15, 0.2) is 65.6 Å². The van der Waals surface area contributed by atoms with Gasteiger partial charge in [0.05, 0.1) is 17.1 Å². The number of anilines is 3. The first-order valence-electron chi connectivity index (χ1n) is 11.0. The van der Waals surface area contributed by atoms with Crippen molar-refractivity contribution in [1.29, 1.82) is 0 Å². The van der Waals surface area contributed by atoms with Gasteiger partial charge in [-0.05, 0) is 67.4 Å². The van der Waals surface area contributed by atoms with Gasteiger partial charge in [0, 0.05) is 36.1 Å². The van der Waals surface area contributed by atoms with Gasteiger partial charge in [-0.3, -0.25) is 19.6 Å². The van der Waals surface area contributed by atoms with E-state index < -0.39 is 20.9 Å². The lowest BCUT2D eigenvalue weighted by molar-refractivity contribution is -0.384. The summed E-state index contributed by atoms with van der Waals surface area (Å²) in [4.78, 5) is 25.7. The van der Waals surface area contributed by atoms with Crippen LogP contribution in [-0.2, 0) is 10.0 Å². The summed E-state index contributed by atoms with van der Waals surface area (Å²) >= 11 is 6.15. The molecule has 0 spiro atoms. The van der Waals surface area contributed by atoms with Crippen LogP contribution >= 0.6 is 11.6 Å². The van der Waals surface area contributed by atoms with Gasteiger partial charge in [0.15, 0.2) is 0 Å². The van der Waals surface area contributed by atoms with E-state index in [9.17, 15) is 23.3 Å². The third kappa shape index (κ3) is 5.52. The molecular formula is C24H23ClN4O6S. The highest BCUT2D eigenvalue weighted by Gasteiger charge is 2.24. The number of nitrogens with one attached hydrogen (secondary N) is 2. The predicted octanol–water partition coefficient (Wildman–Crippen LogP) is 4.91. The van der Waals surface area contributed by atoms with Gasteiger partial charge >= 0.3 is 0 Å². The molecule has 36 heavy (non-hydrogen) atoms. The van der Waals surface area contributed by atoms with Gasteiger partial charge < -0.3 is 15.0 Å². The van der Waals surface area contributed by atoms with Crippen molar-refractivity contribution in [2.75, 3.05) is 35.1 Å². The third-order valence-electron chi connectivity index (χ3n) is 5.70. The van der Waals surface area contributed by atoms with Gasteiger partial charge in [0.1, 0.15) is 16.3 Å². The molecular weight excluding hydrogens is 508 g/mol. The smallest absolute Gasteiger partial charge is 0.293 e. The number of amides is 1. The van der Waals surface area contributed by atoms with Crippen LogP contribution in [0.5, 0.6) is 5.75 Å². The van der Waals surface area contributed by atoms with E-state index in [1.165, 1.54) is 49.6 Å². The molecule has 4 rings (SSSR count). The number of rotatable bonds is 8. The molecule has 3 aromatic rings. The van der Waals surface area contributed by atoms with E-state index in [1.54, 1.807) is 18.2 Å². The summed E-state index contributed by atoms with van der Waals surface area (Å²) < 4.78 is 33.4. The number of hydrogen-bond donors (Lipinski definition) is 2. The Kier molecular flexibility index (Phi) is 7.32. The molecule has 1 aliphatic rings. The Morgan fingerprint density at radius 2 is 1.69 bits per heavy atom. The van der Waals surface area contributed by atoms with Gasteiger partial charge in [0.25, 0.3) is 21.6 Å². The summed E-state index contributed by atoms with van der Waals surface area (Å²) in [6.07, 6.45) is 1.91.